The summed E-state index contributed by atoms with van der Waals surface area (Å²) in [5.41, 5.74) is -0.921. The third-order valence-corrected chi connectivity index (χ3v) is 4.42. The number of hydrogen-bond acceptors (Lipinski definition) is 3. The third kappa shape index (κ3) is 1.93. The van der Waals surface area contributed by atoms with Crippen molar-refractivity contribution in [1.82, 2.24) is 0 Å². The second kappa shape index (κ2) is 4.40. The number of rotatable bonds is 2. The molecule has 0 atom stereocenters. The fraction of sp³-hybridized carbons (Fsp3) is 1.00. The third-order valence-electron chi connectivity index (χ3n) is 4.42. The van der Waals surface area contributed by atoms with Crippen LogP contribution >= 0.6 is 0 Å². The standard InChI is InChI=1S/C12H22O3/c13-10-11(6-8-15-9-7-11)12(14)4-2-1-3-5-12/h13-14H,1-10H2. The smallest absolute Gasteiger partial charge is 0.0727 e. The zero-order valence-corrected chi connectivity index (χ0v) is 9.37. The van der Waals surface area contributed by atoms with Gasteiger partial charge in [-0.3, -0.25) is 0 Å². The SMILES string of the molecule is OCC1(C2(O)CCCCC2)CCOCC1. The molecule has 0 unspecified atom stereocenters. The zero-order valence-electron chi connectivity index (χ0n) is 9.37. The molecule has 1 heterocycles. The molecule has 0 bridgehead atoms. The largest absolute Gasteiger partial charge is 0.396 e. The summed E-state index contributed by atoms with van der Waals surface area (Å²) in [5.74, 6) is 0. The molecule has 0 aromatic heterocycles. The molecule has 3 nitrogen and oxygen atoms in total. The first-order valence-corrected chi connectivity index (χ1v) is 6.13. The van der Waals surface area contributed by atoms with Gasteiger partial charge in [-0.1, -0.05) is 19.3 Å². The summed E-state index contributed by atoms with van der Waals surface area (Å²) < 4.78 is 5.34. The molecular weight excluding hydrogens is 192 g/mol. The van der Waals surface area contributed by atoms with E-state index < -0.39 is 5.60 Å². The van der Waals surface area contributed by atoms with Crippen LogP contribution in [0.15, 0.2) is 0 Å². The van der Waals surface area contributed by atoms with Crippen molar-refractivity contribution >= 4 is 0 Å². The molecule has 0 amide bonds. The minimum Gasteiger partial charge on any atom is -0.396 e. The van der Waals surface area contributed by atoms with Crippen LogP contribution in [0.25, 0.3) is 0 Å². The van der Waals surface area contributed by atoms with Gasteiger partial charge >= 0.3 is 0 Å². The Bertz CT molecular complexity index is 203. The molecule has 1 aliphatic heterocycles. The van der Waals surface area contributed by atoms with E-state index in [1.165, 1.54) is 6.42 Å². The van der Waals surface area contributed by atoms with Gasteiger partial charge in [0.05, 0.1) is 12.2 Å². The second-order valence-corrected chi connectivity index (χ2v) is 5.14. The normalized spacial score (nSPS) is 30.0. The van der Waals surface area contributed by atoms with Crippen LogP contribution in [0.3, 0.4) is 0 Å². The summed E-state index contributed by atoms with van der Waals surface area (Å²) in [7, 11) is 0. The highest BCUT2D eigenvalue weighted by molar-refractivity contribution is 5.01. The fourth-order valence-electron chi connectivity index (χ4n) is 3.20. The summed E-state index contributed by atoms with van der Waals surface area (Å²) in [6.45, 7) is 1.47. The summed E-state index contributed by atoms with van der Waals surface area (Å²) in [5, 5.41) is 20.4. The van der Waals surface area contributed by atoms with E-state index in [4.69, 9.17) is 4.74 Å². The van der Waals surface area contributed by atoms with Crippen LogP contribution in [-0.2, 0) is 4.74 Å². The maximum Gasteiger partial charge on any atom is 0.0727 e. The highest BCUT2D eigenvalue weighted by Gasteiger charge is 2.50. The zero-order chi connectivity index (χ0) is 10.8. The lowest BCUT2D eigenvalue weighted by Gasteiger charge is -2.50. The van der Waals surface area contributed by atoms with E-state index in [0.717, 1.165) is 38.5 Å². The van der Waals surface area contributed by atoms with E-state index in [2.05, 4.69) is 0 Å². The minimum atomic E-state index is -0.635. The van der Waals surface area contributed by atoms with E-state index in [-0.39, 0.29) is 12.0 Å². The molecule has 3 heteroatoms. The molecular formula is C12H22O3. The number of ether oxygens (including phenoxy) is 1. The Morgan fingerprint density at radius 1 is 0.933 bits per heavy atom. The van der Waals surface area contributed by atoms with Crippen LogP contribution in [0.2, 0.25) is 0 Å². The molecule has 0 aromatic rings. The minimum absolute atomic E-state index is 0.104. The molecule has 2 rings (SSSR count). The molecule has 15 heavy (non-hydrogen) atoms. The van der Waals surface area contributed by atoms with Crippen molar-refractivity contribution in [3.05, 3.63) is 0 Å². The summed E-state index contributed by atoms with van der Waals surface area (Å²) in [4.78, 5) is 0. The van der Waals surface area contributed by atoms with E-state index in [9.17, 15) is 10.2 Å². The van der Waals surface area contributed by atoms with E-state index in [0.29, 0.717) is 13.2 Å². The summed E-state index contributed by atoms with van der Waals surface area (Å²) in [6.07, 6.45) is 6.74. The van der Waals surface area contributed by atoms with Crippen LogP contribution < -0.4 is 0 Å². The van der Waals surface area contributed by atoms with Crippen molar-refractivity contribution in [1.29, 1.82) is 0 Å². The van der Waals surface area contributed by atoms with E-state index in [1.54, 1.807) is 0 Å². The number of aliphatic hydroxyl groups is 2. The van der Waals surface area contributed by atoms with Crippen molar-refractivity contribution in [2.45, 2.75) is 50.5 Å². The van der Waals surface area contributed by atoms with E-state index >= 15 is 0 Å². The molecule has 1 aliphatic carbocycles. The van der Waals surface area contributed by atoms with Gasteiger partial charge in [0.25, 0.3) is 0 Å². The Labute approximate surface area is 91.4 Å². The Kier molecular flexibility index (Phi) is 3.33. The molecule has 1 saturated carbocycles. The van der Waals surface area contributed by atoms with Gasteiger partial charge in [-0.25, -0.2) is 0 Å². The molecule has 0 radical (unpaired) electrons. The maximum absolute atomic E-state index is 10.7. The van der Waals surface area contributed by atoms with Gasteiger partial charge in [0.1, 0.15) is 0 Å². The average molecular weight is 214 g/mol. The lowest BCUT2D eigenvalue weighted by Crippen LogP contribution is -2.54. The molecule has 1 saturated heterocycles. The lowest BCUT2D eigenvalue weighted by atomic mass is 9.62. The highest BCUT2D eigenvalue weighted by atomic mass is 16.5. The van der Waals surface area contributed by atoms with Crippen LogP contribution in [0.4, 0.5) is 0 Å². The number of aliphatic hydroxyl groups excluding tert-OH is 1. The molecule has 88 valence electrons. The predicted octanol–water partition coefficient (Wildman–Crippen LogP) is 1.47. The van der Waals surface area contributed by atoms with Gasteiger partial charge < -0.3 is 14.9 Å². The van der Waals surface area contributed by atoms with Crippen molar-refractivity contribution in [2.24, 2.45) is 5.41 Å². The van der Waals surface area contributed by atoms with Gasteiger partial charge in [0, 0.05) is 18.6 Å². The van der Waals surface area contributed by atoms with Crippen LogP contribution in [0.5, 0.6) is 0 Å². The van der Waals surface area contributed by atoms with Crippen LogP contribution in [0.1, 0.15) is 44.9 Å². The first kappa shape index (κ1) is 11.4. The molecule has 0 spiro atoms. The Morgan fingerprint density at radius 2 is 1.53 bits per heavy atom. The lowest BCUT2D eigenvalue weighted by molar-refractivity contribution is -0.168. The molecule has 2 aliphatic rings. The topological polar surface area (TPSA) is 49.7 Å². The summed E-state index contributed by atoms with van der Waals surface area (Å²) >= 11 is 0. The van der Waals surface area contributed by atoms with Gasteiger partial charge in [0.15, 0.2) is 0 Å². The monoisotopic (exact) mass is 214 g/mol. The number of hydrogen-bond donors (Lipinski definition) is 2. The Hall–Kier alpha value is -0.120. The predicted molar refractivity (Wildman–Crippen MR) is 57.6 cm³/mol. The molecule has 0 aromatic carbocycles. The fourth-order valence-corrected chi connectivity index (χ4v) is 3.20. The molecule has 2 fully saturated rings. The van der Waals surface area contributed by atoms with Gasteiger partial charge in [-0.2, -0.15) is 0 Å². The quantitative estimate of drug-likeness (QED) is 0.732. The van der Waals surface area contributed by atoms with Crippen LogP contribution in [-0.4, -0.2) is 35.6 Å². The van der Waals surface area contributed by atoms with Crippen LogP contribution in [0, 0.1) is 5.41 Å². The first-order chi connectivity index (χ1) is 7.22. The highest BCUT2D eigenvalue weighted by Crippen LogP contribution is 2.48. The van der Waals surface area contributed by atoms with Gasteiger partial charge in [-0.05, 0) is 25.7 Å². The van der Waals surface area contributed by atoms with Crippen molar-refractivity contribution < 1.29 is 14.9 Å². The molecule has 2 N–H and O–H groups in total. The van der Waals surface area contributed by atoms with Gasteiger partial charge in [0.2, 0.25) is 0 Å². The van der Waals surface area contributed by atoms with Crippen molar-refractivity contribution in [3.8, 4) is 0 Å². The summed E-state index contributed by atoms with van der Waals surface area (Å²) in [6, 6.07) is 0. The van der Waals surface area contributed by atoms with E-state index in [1.807, 2.05) is 0 Å². The first-order valence-electron chi connectivity index (χ1n) is 6.13. The Balaban J connectivity index is 2.15. The van der Waals surface area contributed by atoms with Crippen molar-refractivity contribution in [3.63, 3.8) is 0 Å². The maximum atomic E-state index is 10.7. The van der Waals surface area contributed by atoms with Gasteiger partial charge in [-0.15, -0.1) is 0 Å². The van der Waals surface area contributed by atoms with Crippen molar-refractivity contribution in [2.75, 3.05) is 19.8 Å². The second-order valence-electron chi connectivity index (χ2n) is 5.14. The Morgan fingerprint density at radius 3 is 2.07 bits per heavy atom. The average Bonchev–Trinajstić information content (AvgIpc) is 2.31.